The number of carbonyl (C=O) groups is 2. The number of esters is 1. The van der Waals surface area contributed by atoms with Crippen LogP contribution in [-0.4, -0.2) is 55.1 Å². The Bertz CT molecular complexity index is 2150. The number of carbonyl (C=O) groups excluding carboxylic acids is 1. The quantitative estimate of drug-likeness (QED) is 0.163. The Morgan fingerprint density at radius 3 is 1.45 bits per heavy atom. The molecule has 0 radical (unpaired) electrons. The van der Waals surface area contributed by atoms with Crippen LogP contribution in [0, 0.1) is 13.8 Å². The van der Waals surface area contributed by atoms with Crippen molar-refractivity contribution in [1.29, 1.82) is 0 Å². The van der Waals surface area contributed by atoms with Gasteiger partial charge in [-0.2, -0.15) is 36.5 Å². The minimum atomic E-state index is -4.54. The number of hydrogen-bond acceptors (Lipinski definition) is 9. The van der Waals surface area contributed by atoms with Crippen LogP contribution in [0.15, 0.2) is 58.8 Å². The van der Waals surface area contributed by atoms with E-state index in [1.807, 2.05) is 0 Å². The molecule has 18 heteroatoms. The number of alkyl halides is 6. The highest BCUT2D eigenvalue weighted by Gasteiger charge is 2.44. The molecule has 2 unspecified atom stereocenters. The SMILES string of the molecule is COC(=O)c1ccc(C2=NOC(C)(c3cc(C(F)(F)F)nn3C)C2)cc1C.Cc1cc(C2=NOC(C)(c3cc(C(F)(F)F)nn3C)C2)ccc1C(=O)O. The molecular formula is C35H34F6N6O6. The molecule has 2 atom stereocenters. The number of halogens is 6. The second-order valence-corrected chi connectivity index (χ2v) is 13.0. The van der Waals surface area contributed by atoms with Gasteiger partial charge >= 0.3 is 24.3 Å². The first kappa shape index (κ1) is 38.5. The second-order valence-electron chi connectivity index (χ2n) is 13.0. The normalized spacial score (nSPS) is 19.8. The van der Waals surface area contributed by atoms with Crippen LogP contribution in [-0.2, 0) is 52.1 Å². The molecule has 2 aromatic carbocycles. The fourth-order valence-corrected chi connectivity index (χ4v) is 6.13. The van der Waals surface area contributed by atoms with Gasteiger partial charge in [-0.05, 0) is 86.3 Å². The minimum absolute atomic E-state index is 0.178. The molecule has 4 heterocycles. The van der Waals surface area contributed by atoms with Gasteiger partial charge in [0.15, 0.2) is 22.6 Å². The molecule has 53 heavy (non-hydrogen) atoms. The highest BCUT2D eigenvalue weighted by atomic mass is 19.4. The van der Waals surface area contributed by atoms with E-state index in [0.29, 0.717) is 33.7 Å². The molecule has 12 nitrogen and oxygen atoms in total. The van der Waals surface area contributed by atoms with Crippen molar-refractivity contribution in [3.05, 3.63) is 105 Å². The summed E-state index contributed by atoms with van der Waals surface area (Å²) >= 11 is 0. The lowest BCUT2D eigenvalue weighted by molar-refractivity contribution is -0.142. The average molecular weight is 749 g/mol. The first-order valence-electron chi connectivity index (χ1n) is 15.8. The Morgan fingerprint density at radius 1 is 0.736 bits per heavy atom. The summed E-state index contributed by atoms with van der Waals surface area (Å²) < 4.78 is 84.5. The fourth-order valence-electron chi connectivity index (χ4n) is 6.13. The van der Waals surface area contributed by atoms with E-state index in [1.165, 1.54) is 27.3 Å². The van der Waals surface area contributed by atoms with Gasteiger partial charge in [0.25, 0.3) is 0 Å². The topological polar surface area (TPSA) is 142 Å². The lowest BCUT2D eigenvalue weighted by Crippen LogP contribution is -2.25. The molecule has 2 aliphatic heterocycles. The molecule has 2 aromatic heterocycles. The van der Waals surface area contributed by atoms with Gasteiger partial charge in [0.05, 0.1) is 41.0 Å². The number of carboxylic acids is 1. The molecule has 0 aliphatic carbocycles. The van der Waals surface area contributed by atoms with Crippen LogP contribution in [0.5, 0.6) is 0 Å². The Morgan fingerprint density at radius 2 is 1.13 bits per heavy atom. The monoisotopic (exact) mass is 748 g/mol. The van der Waals surface area contributed by atoms with Crippen LogP contribution >= 0.6 is 0 Å². The zero-order valence-corrected chi connectivity index (χ0v) is 29.5. The van der Waals surface area contributed by atoms with Crippen molar-refractivity contribution in [2.45, 2.75) is 64.1 Å². The number of methoxy groups -OCH3 is 1. The minimum Gasteiger partial charge on any atom is -0.478 e. The Labute approximate surface area is 298 Å². The fraction of sp³-hybridized carbons (Fsp3) is 0.371. The van der Waals surface area contributed by atoms with Crippen molar-refractivity contribution in [2.75, 3.05) is 7.11 Å². The molecule has 0 fully saturated rings. The Kier molecular flexibility index (Phi) is 9.97. The van der Waals surface area contributed by atoms with E-state index >= 15 is 0 Å². The molecule has 282 valence electrons. The summed E-state index contributed by atoms with van der Waals surface area (Å²) in [4.78, 5) is 33.8. The molecular weight excluding hydrogens is 714 g/mol. The molecule has 0 amide bonds. The van der Waals surface area contributed by atoms with E-state index in [-0.39, 0.29) is 29.8 Å². The number of benzene rings is 2. The zero-order valence-electron chi connectivity index (χ0n) is 29.5. The number of oxime groups is 2. The van der Waals surface area contributed by atoms with Gasteiger partial charge in [-0.1, -0.05) is 22.4 Å². The highest BCUT2D eigenvalue weighted by Crippen LogP contribution is 2.40. The highest BCUT2D eigenvalue weighted by molar-refractivity contribution is 6.03. The van der Waals surface area contributed by atoms with Crippen LogP contribution in [0.4, 0.5) is 26.3 Å². The van der Waals surface area contributed by atoms with Gasteiger partial charge in [0, 0.05) is 26.9 Å². The lowest BCUT2D eigenvalue weighted by atomic mass is 9.91. The largest absolute Gasteiger partial charge is 0.478 e. The molecule has 2 aliphatic rings. The molecule has 4 aromatic rings. The van der Waals surface area contributed by atoms with Crippen molar-refractivity contribution < 1.29 is 55.5 Å². The summed E-state index contributed by atoms with van der Waals surface area (Å²) in [6.07, 6.45) is -8.58. The smallest absolute Gasteiger partial charge is 0.435 e. The third-order valence-electron chi connectivity index (χ3n) is 8.90. The Balaban J connectivity index is 0.000000204. The maximum Gasteiger partial charge on any atom is 0.435 e. The molecule has 0 saturated carbocycles. The van der Waals surface area contributed by atoms with E-state index in [2.05, 4.69) is 20.5 Å². The number of aromatic nitrogens is 4. The van der Waals surface area contributed by atoms with Crippen molar-refractivity contribution in [3.63, 3.8) is 0 Å². The van der Waals surface area contributed by atoms with Gasteiger partial charge in [0.1, 0.15) is 0 Å². The molecule has 0 spiro atoms. The summed E-state index contributed by atoms with van der Waals surface area (Å²) in [5.41, 5.74) is 0.760. The van der Waals surface area contributed by atoms with Gasteiger partial charge in [-0.3, -0.25) is 9.36 Å². The third-order valence-corrected chi connectivity index (χ3v) is 8.90. The van der Waals surface area contributed by atoms with E-state index in [1.54, 1.807) is 58.0 Å². The number of nitrogens with zero attached hydrogens (tertiary/aromatic N) is 6. The lowest BCUT2D eigenvalue weighted by Gasteiger charge is -2.21. The number of carboxylic acid groups (broad SMARTS) is 1. The van der Waals surface area contributed by atoms with Crippen LogP contribution in [0.25, 0.3) is 0 Å². The summed E-state index contributed by atoms with van der Waals surface area (Å²) in [5, 5.41) is 24.2. The van der Waals surface area contributed by atoms with Crippen molar-refractivity contribution in [1.82, 2.24) is 19.6 Å². The van der Waals surface area contributed by atoms with Crippen LogP contribution in [0.3, 0.4) is 0 Å². The maximum absolute atomic E-state index is 12.9. The molecule has 1 N–H and O–H groups in total. The summed E-state index contributed by atoms with van der Waals surface area (Å²) in [6, 6.07) is 11.8. The van der Waals surface area contributed by atoms with E-state index in [0.717, 1.165) is 27.1 Å². The molecule has 0 bridgehead atoms. The first-order chi connectivity index (χ1) is 24.6. The number of ether oxygens (including phenoxy) is 1. The van der Waals surface area contributed by atoms with E-state index in [9.17, 15) is 35.9 Å². The number of rotatable bonds is 6. The molecule has 6 rings (SSSR count). The van der Waals surface area contributed by atoms with Gasteiger partial charge in [0.2, 0.25) is 0 Å². The summed E-state index contributed by atoms with van der Waals surface area (Å²) in [6.45, 7) is 6.73. The zero-order chi connectivity index (χ0) is 39.3. The summed E-state index contributed by atoms with van der Waals surface area (Å²) in [5.74, 6) is -1.47. The first-order valence-corrected chi connectivity index (χ1v) is 15.8. The predicted molar refractivity (Wildman–Crippen MR) is 176 cm³/mol. The van der Waals surface area contributed by atoms with E-state index in [4.69, 9.17) is 19.5 Å². The van der Waals surface area contributed by atoms with Crippen molar-refractivity contribution in [2.24, 2.45) is 24.4 Å². The third kappa shape index (κ3) is 7.75. The Hall–Kier alpha value is -5.68. The number of aromatic carboxylic acids is 1. The predicted octanol–water partition coefficient (Wildman–Crippen LogP) is 7.06. The van der Waals surface area contributed by atoms with Crippen LogP contribution in [0.1, 0.15) is 92.4 Å². The number of hydrogen-bond donors (Lipinski definition) is 1. The van der Waals surface area contributed by atoms with E-state index < -0.39 is 46.9 Å². The van der Waals surface area contributed by atoms with Crippen molar-refractivity contribution in [3.8, 4) is 0 Å². The van der Waals surface area contributed by atoms with Gasteiger partial charge < -0.3 is 19.5 Å². The second kappa shape index (κ2) is 13.7. The van der Waals surface area contributed by atoms with Crippen LogP contribution < -0.4 is 0 Å². The van der Waals surface area contributed by atoms with Crippen molar-refractivity contribution >= 4 is 23.4 Å². The average Bonchev–Trinajstić information content (AvgIpc) is 3.86. The van der Waals surface area contributed by atoms with Crippen LogP contribution in [0.2, 0.25) is 0 Å². The molecule has 0 saturated heterocycles. The maximum atomic E-state index is 12.9. The van der Waals surface area contributed by atoms with Gasteiger partial charge in [-0.25, -0.2) is 9.59 Å². The van der Waals surface area contributed by atoms with Gasteiger partial charge in [-0.15, -0.1) is 0 Å². The summed E-state index contributed by atoms with van der Waals surface area (Å²) in [7, 11) is 4.16. The standard InChI is InChI=1S/C18H18F3N3O3.C17H16F3N3O3/c1-10-7-11(5-6-12(10)16(25)26-4)13-9-17(2,27-23-13)15-8-14(18(19,20)21)22-24(15)3;1-9-6-10(4-5-11(9)15(24)25)12-8-16(2,26-22-12)14-7-13(17(18,19)20)21-23(14)3/h5-8H,9H2,1-4H3;4-7H,8H2,1-3H3,(H,24,25). The number of aryl methyl sites for hydroxylation is 4.